The van der Waals surface area contributed by atoms with Crippen LogP contribution in [0.4, 0.5) is 0 Å². The zero-order valence-corrected chi connectivity index (χ0v) is 23.8. The molecule has 250 valence electrons. The molecule has 43 heavy (non-hydrogen) atoms. The number of nitrogens with two attached hydrogens (primary N) is 4. The molecule has 1 amide bonds. The number of carbonyl (C=O) groups excluding carboxylic acids is 1. The third kappa shape index (κ3) is 7.63. The first-order chi connectivity index (χ1) is 20.3. The Hall–Kier alpha value is -1.17. The topological polar surface area (TPSA) is 324 Å². The number of aliphatic hydroxyl groups is 7. The van der Waals surface area contributed by atoms with E-state index in [1.54, 1.807) is 0 Å². The van der Waals surface area contributed by atoms with Crippen LogP contribution in [-0.4, -0.2) is 165 Å². The van der Waals surface area contributed by atoms with Gasteiger partial charge in [-0.3, -0.25) is 4.79 Å². The monoisotopic (exact) mass is 624 g/mol. The van der Waals surface area contributed by atoms with Crippen molar-refractivity contribution >= 4 is 5.91 Å². The fraction of sp³-hybridized carbons (Fsp3) is 0.960. The fourth-order valence-corrected chi connectivity index (χ4v) is 6.12. The number of hydrogen-bond donors (Lipinski definition) is 13. The van der Waals surface area contributed by atoms with Crippen molar-refractivity contribution in [2.45, 2.75) is 123 Å². The van der Waals surface area contributed by atoms with Crippen LogP contribution >= 0.6 is 0 Å². The second kappa shape index (κ2) is 14.5. The fourth-order valence-electron chi connectivity index (χ4n) is 6.12. The van der Waals surface area contributed by atoms with Crippen LogP contribution in [0.5, 0.6) is 0 Å². The van der Waals surface area contributed by atoms with Gasteiger partial charge in [0.15, 0.2) is 12.6 Å². The lowest BCUT2D eigenvalue weighted by molar-refractivity contribution is -0.316. The third-order valence-electron chi connectivity index (χ3n) is 8.71. The molecule has 2 heterocycles. The highest BCUT2D eigenvalue weighted by atomic mass is 16.7. The highest BCUT2D eigenvalue weighted by Gasteiger charge is 2.53. The Balaban J connectivity index is 1.52. The third-order valence-corrected chi connectivity index (χ3v) is 8.71. The average molecular weight is 625 g/mol. The SMILES string of the molecule is NC1CC(O)(C(=O)N[C@@H]2C[C@H](N)C(O[C@H]3O[C@H](CNCCO)[C@@H](O)C[C@H]3N)[C@H](O)[C@H]2O[C@H]2O[C@H](CO)[C@@H](O)[C@H](N)[C@H]2O)C1. The molecule has 0 aromatic carbocycles. The Morgan fingerprint density at radius 3 is 2.14 bits per heavy atom. The standard InChI is InChI=1S/C25H48N6O12/c26-9-5-25(39,6-9)24(38)31-12-3-10(27)20(42-22-11(28)4-13(34)14(40-22)7-30-1-2-32)19(37)21(12)43-23-18(36)16(29)17(35)15(8-33)41-23/h9-23,30,32-37,39H,1-8,26-29H2,(H,31,38)/t9?,10-,11+,12+,13-,14+,15+,16-,17+,18+,19-,20?,21-,22+,23+,25?/m0/s1. The van der Waals surface area contributed by atoms with Crippen molar-refractivity contribution in [2.75, 3.05) is 26.3 Å². The van der Waals surface area contributed by atoms with E-state index >= 15 is 0 Å². The molecule has 2 aliphatic heterocycles. The molecule has 0 aromatic heterocycles. The Morgan fingerprint density at radius 2 is 1.51 bits per heavy atom. The van der Waals surface area contributed by atoms with Crippen LogP contribution in [0.2, 0.25) is 0 Å². The first-order valence-electron chi connectivity index (χ1n) is 14.6. The largest absolute Gasteiger partial charge is 0.395 e. The summed E-state index contributed by atoms with van der Waals surface area (Å²) in [6, 6.07) is -4.37. The number of rotatable bonds is 11. The van der Waals surface area contributed by atoms with Gasteiger partial charge >= 0.3 is 0 Å². The Morgan fingerprint density at radius 1 is 0.860 bits per heavy atom. The summed E-state index contributed by atoms with van der Waals surface area (Å²) in [6.45, 7) is -0.293. The first-order valence-corrected chi connectivity index (χ1v) is 14.6. The Kier molecular flexibility index (Phi) is 11.7. The van der Waals surface area contributed by atoms with Gasteiger partial charge in [-0.15, -0.1) is 0 Å². The predicted octanol–water partition coefficient (Wildman–Crippen LogP) is -7.66. The predicted molar refractivity (Wildman–Crippen MR) is 145 cm³/mol. The quantitative estimate of drug-likeness (QED) is 0.0949. The lowest BCUT2D eigenvalue weighted by atomic mass is 9.75. The summed E-state index contributed by atoms with van der Waals surface area (Å²) in [4.78, 5) is 13.0. The van der Waals surface area contributed by atoms with Crippen LogP contribution in [0.15, 0.2) is 0 Å². The minimum Gasteiger partial charge on any atom is -0.395 e. The molecule has 18 heteroatoms. The van der Waals surface area contributed by atoms with Crippen LogP contribution in [0.3, 0.4) is 0 Å². The number of aliphatic hydroxyl groups excluding tert-OH is 6. The molecule has 2 saturated carbocycles. The molecule has 2 aliphatic carbocycles. The summed E-state index contributed by atoms with van der Waals surface area (Å²) in [6.07, 6.45) is -12.5. The molecule has 2 saturated heterocycles. The van der Waals surface area contributed by atoms with Crippen molar-refractivity contribution in [2.24, 2.45) is 22.9 Å². The van der Waals surface area contributed by atoms with Crippen LogP contribution in [0.25, 0.3) is 0 Å². The maximum atomic E-state index is 13.0. The highest BCUT2D eigenvalue weighted by molar-refractivity contribution is 5.86. The second-order valence-electron chi connectivity index (χ2n) is 12.1. The lowest BCUT2D eigenvalue weighted by Crippen LogP contribution is -2.70. The summed E-state index contributed by atoms with van der Waals surface area (Å²) in [7, 11) is 0. The van der Waals surface area contributed by atoms with Gasteiger partial charge in [-0.1, -0.05) is 0 Å². The molecular weight excluding hydrogens is 576 g/mol. The van der Waals surface area contributed by atoms with Gasteiger partial charge in [-0.2, -0.15) is 0 Å². The molecule has 4 fully saturated rings. The van der Waals surface area contributed by atoms with Gasteiger partial charge in [0, 0.05) is 38.0 Å². The summed E-state index contributed by atoms with van der Waals surface area (Å²) in [5.74, 6) is -0.748. The average Bonchev–Trinajstić information content (AvgIpc) is 2.94. The molecule has 18 nitrogen and oxygen atoms in total. The van der Waals surface area contributed by atoms with E-state index in [0.29, 0.717) is 0 Å². The molecule has 0 bridgehead atoms. The molecule has 14 atom stereocenters. The van der Waals surface area contributed by atoms with Crippen LogP contribution in [0.1, 0.15) is 25.7 Å². The van der Waals surface area contributed by atoms with Crippen molar-refractivity contribution in [3.05, 3.63) is 0 Å². The minimum atomic E-state index is -1.72. The zero-order valence-electron chi connectivity index (χ0n) is 23.8. The van der Waals surface area contributed by atoms with Gasteiger partial charge in [0.1, 0.15) is 42.2 Å². The molecule has 17 N–H and O–H groups in total. The molecular formula is C25H48N6O12. The smallest absolute Gasteiger partial charge is 0.252 e. The van der Waals surface area contributed by atoms with E-state index in [1.165, 1.54) is 0 Å². The van der Waals surface area contributed by atoms with Gasteiger partial charge in [0.2, 0.25) is 0 Å². The van der Waals surface area contributed by atoms with E-state index in [1.807, 2.05) is 0 Å². The molecule has 0 spiro atoms. The summed E-state index contributed by atoms with van der Waals surface area (Å²) in [5, 5.41) is 77.8. The van der Waals surface area contributed by atoms with Crippen molar-refractivity contribution in [1.29, 1.82) is 0 Å². The normalized spacial score (nSPS) is 48.9. The van der Waals surface area contributed by atoms with Gasteiger partial charge in [0.25, 0.3) is 5.91 Å². The number of hydrogen-bond acceptors (Lipinski definition) is 17. The van der Waals surface area contributed by atoms with Crippen LogP contribution in [0, 0.1) is 0 Å². The Bertz CT molecular complexity index is 918. The van der Waals surface area contributed by atoms with E-state index in [4.69, 9.17) is 47.0 Å². The highest BCUT2D eigenvalue weighted by Crippen LogP contribution is 2.34. The molecule has 0 radical (unpaired) electrons. The van der Waals surface area contributed by atoms with Gasteiger partial charge in [0.05, 0.1) is 43.5 Å². The van der Waals surface area contributed by atoms with Crippen LogP contribution < -0.4 is 33.6 Å². The van der Waals surface area contributed by atoms with Crippen molar-refractivity contribution in [3.8, 4) is 0 Å². The summed E-state index contributed by atoms with van der Waals surface area (Å²) < 4.78 is 23.5. The van der Waals surface area contributed by atoms with E-state index < -0.39 is 104 Å². The minimum absolute atomic E-state index is 0.0316. The lowest BCUT2D eigenvalue weighted by Gasteiger charge is -2.49. The Labute approximate surface area is 248 Å². The molecule has 4 rings (SSSR count). The summed E-state index contributed by atoms with van der Waals surface area (Å²) in [5.41, 5.74) is 22.6. The number of amides is 1. The van der Waals surface area contributed by atoms with Gasteiger partial charge < -0.3 is 88.3 Å². The van der Waals surface area contributed by atoms with Crippen molar-refractivity contribution < 1.29 is 59.5 Å². The summed E-state index contributed by atoms with van der Waals surface area (Å²) >= 11 is 0. The van der Waals surface area contributed by atoms with Gasteiger partial charge in [-0.05, 0) is 12.8 Å². The maximum Gasteiger partial charge on any atom is 0.252 e. The zero-order chi connectivity index (χ0) is 31.6. The van der Waals surface area contributed by atoms with Crippen LogP contribution in [-0.2, 0) is 23.7 Å². The first kappa shape index (κ1) is 34.7. The number of ether oxygens (including phenoxy) is 4. The number of nitrogens with one attached hydrogen (secondary N) is 2. The van der Waals surface area contributed by atoms with E-state index in [2.05, 4.69) is 10.6 Å². The van der Waals surface area contributed by atoms with E-state index in [9.17, 15) is 35.4 Å². The molecule has 1 unspecified atom stereocenters. The molecule has 4 aliphatic rings. The van der Waals surface area contributed by atoms with Gasteiger partial charge in [-0.25, -0.2) is 0 Å². The van der Waals surface area contributed by atoms with Crippen molar-refractivity contribution in [3.63, 3.8) is 0 Å². The second-order valence-corrected chi connectivity index (χ2v) is 12.1. The van der Waals surface area contributed by atoms with E-state index in [-0.39, 0.29) is 51.4 Å². The van der Waals surface area contributed by atoms with E-state index in [0.717, 1.165) is 0 Å². The molecule has 0 aromatic rings. The maximum absolute atomic E-state index is 13.0. The number of carbonyl (C=O) groups is 1. The van der Waals surface area contributed by atoms with Crippen molar-refractivity contribution in [1.82, 2.24) is 10.6 Å².